The molecule has 0 aromatic carbocycles. The Morgan fingerprint density at radius 2 is 2.27 bits per heavy atom. The number of thiazole rings is 1. The van der Waals surface area contributed by atoms with Crippen LogP contribution in [0.4, 0.5) is 0 Å². The number of nitrogens with zero attached hydrogens (tertiary/aromatic N) is 1. The van der Waals surface area contributed by atoms with Crippen LogP contribution in [0.3, 0.4) is 0 Å². The van der Waals surface area contributed by atoms with Crippen molar-refractivity contribution in [3.63, 3.8) is 0 Å². The highest BCUT2D eigenvalue weighted by Crippen LogP contribution is 2.31. The van der Waals surface area contributed by atoms with Crippen molar-refractivity contribution in [2.75, 3.05) is 19.8 Å². The average molecular weight is 323 g/mol. The van der Waals surface area contributed by atoms with Gasteiger partial charge in [-0.05, 0) is 38.0 Å². The number of aryl methyl sites for hydroxylation is 1. The van der Waals surface area contributed by atoms with Crippen LogP contribution in [0.2, 0.25) is 0 Å². The zero-order chi connectivity index (χ0) is 15.6. The summed E-state index contributed by atoms with van der Waals surface area (Å²) in [6, 6.07) is 0. The second-order valence-electron chi connectivity index (χ2n) is 6.69. The third-order valence-corrected chi connectivity index (χ3v) is 6.06. The first-order valence-corrected chi connectivity index (χ1v) is 8.96. The fourth-order valence-corrected chi connectivity index (χ4v) is 4.60. The molecule has 1 saturated heterocycles. The number of fused-ring (bicyclic) bond motifs is 1. The lowest BCUT2D eigenvalue weighted by atomic mass is 9.79. The minimum absolute atomic E-state index is 0.212. The second-order valence-corrected chi connectivity index (χ2v) is 7.85. The molecule has 1 aromatic heterocycles. The van der Waals surface area contributed by atoms with Gasteiger partial charge in [-0.2, -0.15) is 0 Å². The Kier molecular flexibility index (Phi) is 4.80. The van der Waals surface area contributed by atoms with Crippen molar-refractivity contribution in [3.8, 4) is 0 Å². The lowest BCUT2D eigenvalue weighted by molar-refractivity contribution is -0.132. The third kappa shape index (κ3) is 3.34. The molecule has 5 nitrogen and oxygen atoms in total. The van der Waals surface area contributed by atoms with E-state index in [2.05, 4.69) is 12.2 Å². The molecule has 122 valence electrons. The van der Waals surface area contributed by atoms with Gasteiger partial charge in [0.05, 0.1) is 11.1 Å². The van der Waals surface area contributed by atoms with Gasteiger partial charge < -0.3 is 15.8 Å². The summed E-state index contributed by atoms with van der Waals surface area (Å²) >= 11 is 1.82. The summed E-state index contributed by atoms with van der Waals surface area (Å²) in [5.74, 6) is 0.560. The van der Waals surface area contributed by atoms with E-state index in [4.69, 9.17) is 15.5 Å². The van der Waals surface area contributed by atoms with Gasteiger partial charge in [-0.1, -0.05) is 6.92 Å². The monoisotopic (exact) mass is 323 g/mol. The Labute approximate surface area is 135 Å². The number of carbonyl (C=O) groups excluding carboxylic acids is 1. The molecule has 0 bridgehead atoms. The maximum Gasteiger partial charge on any atom is 0.225 e. The van der Waals surface area contributed by atoms with E-state index in [1.165, 1.54) is 17.0 Å². The molecule has 6 heteroatoms. The van der Waals surface area contributed by atoms with E-state index in [0.29, 0.717) is 32.6 Å². The molecule has 0 radical (unpaired) electrons. The van der Waals surface area contributed by atoms with Crippen LogP contribution in [-0.4, -0.2) is 30.6 Å². The van der Waals surface area contributed by atoms with Gasteiger partial charge in [0.2, 0.25) is 5.91 Å². The summed E-state index contributed by atoms with van der Waals surface area (Å²) in [4.78, 5) is 18.0. The van der Waals surface area contributed by atoms with Crippen molar-refractivity contribution in [1.82, 2.24) is 10.3 Å². The van der Waals surface area contributed by atoms with Gasteiger partial charge in [-0.3, -0.25) is 4.79 Å². The quantitative estimate of drug-likeness (QED) is 0.863. The molecular weight excluding hydrogens is 298 g/mol. The van der Waals surface area contributed by atoms with Gasteiger partial charge in [-0.25, -0.2) is 4.98 Å². The molecule has 1 unspecified atom stereocenters. The first kappa shape index (κ1) is 15.9. The fraction of sp³-hybridized carbons (Fsp3) is 0.750. The largest absolute Gasteiger partial charge is 0.381 e. The molecule has 1 aliphatic carbocycles. The molecule has 3 rings (SSSR count). The third-order valence-electron chi connectivity index (χ3n) is 4.94. The molecular formula is C16H25N3O2S. The Morgan fingerprint density at radius 1 is 1.50 bits per heavy atom. The first-order valence-electron chi connectivity index (χ1n) is 8.15. The van der Waals surface area contributed by atoms with Gasteiger partial charge in [0.1, 0.15) is 5.01 Å². The standard InChI is InChI=1S/C16H25N3O2S/c1-11-2-3-12-13(8-11)22-14(19-12)9-18-10-16(15(17)20)4-6-21-7-5-16/h11,18H,2-10H2,1H3,(H2,17,20). The van der Waals surface area contributed by atoms with Gasteiger partial charge in [0.15, 0.2) is 0 Å². The summed E-state index contributed by atoms with van der Waals surface area (Å²) in [5.41, 5.74) is 6.46. The van der Waals surface area contributed by atoms with Crippen LogP contribution in [0.1, 0.15) is 41.8 Å². The van der Waals surface area contributed by atoms with Crippen molar-refractivity contribution >= 4 is 17.2 Å². The number of hydrogen-bond donors (Lipinski definition) is 2. The van der Waals surface area contributed by atoms with E-state index in [1.807, 2.05) is 11.3 Å². The Hall–Kier alpha value is -0.980. The maximum atomic E-state index is 11.8. The minimum atomic E-state index is -0.455. The molecule has 22 heavy (non-hydrogen) atoms. The molecule has 2 aliphatic rings. The lowest BCUT2D eigenvalue weighted by Crippen LogP contribution is -2.48. The predicted octanol–water partition coefficient (Wildman–Crippen LogP) is 1.64. The summed E-state index contributed by atoms with van der Waals surface area (Å²) in [6.45, 7) is 4.89. The summed E-state index contributed by atoms with van der Waals surface area (Å²) in [5, 5.41) is 4.54. The Balaban J connectivity index is 1.57. The van der Waals surface area contributed by atoms with Crippen LogP contribution in [-0.2, 0) is 28.9 Å². The second kappa shape index (κ2) is 6.64. The summed E-state index contributed by atoms with van der Waals surface area (Å²) in [7, 11) is 0. The van der Waals surface area contributed by atoms with Crippen LogP contribution < -0.4 is 11.1 Å². The van der Waals surface area contributed by atoms with Crippen LogP contribution in [0.25, 0.3) is 0 Å². The van der Waals surface area contributed by atoms with Crippen LogP contribution in [0, 0.1) is 11.3 Å². The Morgan fingerprint density at radius 3 is 3.00 bits per heavy atom. The molecule has 1 aliphatic heterocycles. The highest BCUT2D eigenvalue weighted by molar-refractivity contribution is 7.11. The lowest BCUT2D eigenvalue weighted by Gasteiger charge is -2.34. The highest BCUT2D eigenvalue weighted by atomic mass is 32.1. The number of nitrogens with two attached hydrogens (primary N) is 1. The molecule has 0 spiro atoms. The van der Waals surface area contributed by atoms with Gasteiger partial charge in [-0.15, -0.1) is 11.3 Å². The van der Waals surface area contributed by atoms with Crippen molar-refractivity contribution in [1.29, 1.82) is 0 Å². The first-order chi connectivity index (χ1) is 10.6. The van der Waals surface area contributed by atoms with Gasteiger partial charge in [0, 0.05) is 31.2 Å². The van der Waals surface area contributed by atoms with E-state index < -0.39 is 5.41 Å². The number of hydrogen-bond acceptors (Lipinski definition) is 5. The number of rotatable bonds is 5. The van der Waals surface area contributed by atoms with Gasteiger partial charge in [0.25, 0.3) is 0 Å². The van der Waals surface area contributed by atoms with E-state index in [1.54, 1.807) is 0 Å². The smallest absolute Gasteiger partial charge is 0.225 e. The van der Waals surface area contributed by atoms with E-state index in [-0.39, 0.29) is 5.91 Å². The van der Waals surface area contributed by atoms with Crippen LogP contribution in [0.5, 0.6) is 0 Å². The number of primary amides is 1. The van der Waals surface area contributed by atoms with E-state index in [0.717, 1.165) is 30.3 Å². The van der Waals surface area contributed by atoms with Crippen molar-refractivity contribution < 1.29 is 9.53 Å². The number of aromatic nitrogens is 1. The van der Waals surface area contributed by atoms with E-state index >= 15 is 0 Å². The number of amides is 1. The zero-order valence-corrected chi connectivity index (χ0v) is 14.0. The van der Waals surface area contributed by atoms with Crippen LogP contribution in [0.15, 0.2) is 0 Å². The highest BCUT2D eigenvalue weighted by Gasteiger charge is 2.38. The normalized spacial score (nSPS) is 24.0. The van der Waals surface area contributed by atoms with Gasteiger partial charge >= 0.3 is 0 Å². The van der Waals surface area contributed by atoms with Crippen LogP contribution >= 0.6 is 11.3 Å². The predicted molar refractivity (Wildman–Crippen MR) is 86.7 cm³/mol. The van der Waals surface area contributed by atoms with Crippen molar-refractivity contribution in [3.05, 3.63) is 15.6 Å². The topological polar surface area (TPSA) is 77.2 Å². The number of nitrogens with one attached hydrogen (secondary N) is 1. The molecule has 3 N–H and O–H groups in total. The fourth-order valence-electron chi connectivity index (χ4n) is 3.35. The number of ether oxygens (including phenoxy) is 1. The zero-order valence-electron chi connectivity index (χ0n) is 13.2. The summed E-state index contributed by atoms with van der Waals surface area (Å²) in [6.07, 6.45) is 4.93. The summed E-state index contributed by atoms with van der Waals surface area (Å²) < 4.78 is 5.36. The Bertz CT molecular complexity index is 537. The number of carbonyl (C=O) groups is 1. The molecule has 1 amide bonds. The van der Waals surface area contributed by atoms with Crippen molar-refractivity contribution in [2.24, 2.45) is 17.1 Å². The minimum Gasteiger partial charge on any atom is -0.381 e. The molecule has 2 heterocycles. The SMILES string of the molecule is CC1CCc2nc(CNCC3(C(N)=O)CCOCC3)sc2C1. The molecule has 1 aromatic rings. The molecule has 1 fully saturated rings. The molecule has 0 saturated carbocycles. The maximum absolute atomic E-state index is 11.8. The molecule has 1 atom stereocenters. The van der Waals surface area contributed by atoms with E-state index in [9.17, 15) is 4.79 Å². The average Bonchev–Trinajstić information content (AvgIpc) is 2.90. The van der Waals surface area contributed by atoms with Crippen molar-refractivity contribution in [2.45, 2.75) is 45.6 Å².